The Labute approximate surface area is 71.6 Å². The molecule has 0 saturated heterocycles. The van der Waals surface area contributed by atoms with Crippen molar-refractivity contribution in [1.82, 2.24) is 4.98 Å². The maximum absolute atomic E-state index is 9.54. The first-order valence-electron chi connectivity index (χ1n) is 4.08. The average molecular weight is 161 g/mol. The molecule has 0 saturated carbocycles. The van der Waals surface area contributed by atoms with Crippen LogP contribution in [0.3, 0.4) is 0 Å². The molecule has 0 amide bonds. The first-order valence-corrected chi connectivity index (χ1v) is 4.08. The Morgan fingerprint density at radius 2 is 2.33 bits per heavy atom. The van der Waals surface area contributed by atoms with Crippen molar-refractivity contribution < 1.29 is 5.11 Å². The van der Waals surface area contributed by atoms with Crippen LogP contribution < -0.4 is 0 Å². The van der Waals surface area contributed by atoms with Crippen LogP contribution in [-0.2, 0) is 6.42 Å². The van der Waals surface area contributed by atoms with Crippen LogP contribution in [0, 0.1) is 6.92 Å². The Bertz CT molecular complexity index is 331. The number of nitrogens with zero attached hydrogens (tertiary/aromatic N) is 1. The molecule has 1 heterocycles. The number of aromatic nitrogens is 1. The summed E-state index contributed by atoms with van der Waals surface area (Å²) in [4.78, 5) is 4.29. The summed E-state index contributed by atoms with van der Waals surface area (Å²) in [5.74, 6) is 0. The summed E-state index contributed by atoms with van der Waals surface area (Å²) in [6.45, 7) is 1.94. The summed E-state index contributed by atoms with van der Waals surface area (Å²) in [5, 5.41) is 9.54. The van der Waals surface area contributed by atoms with E-state index in [1.54, 1.807) is 6.08 Å². The zero-order valence-corrected chi connectivity index (χ0v) is 6.99. The van der Waals surface area contributed by atoms with Gasteiger partial charge in [0, 0.05) is 5.69 Å². The molecule has 0 aliphatic heterocycles. The lowest BCUT2D eigenvalue weighted by Gasteiger charge is -2.15. The summed E-state index contributed by atoms with van der Waals surface area (Å²) in [5.41, 5.74) is 2.91. The largest absolute Gasteiger partial charge is 0.383 e. The van der Waals surface area contributed by atoms with Crippen molar-refractivity contribution in [3.63, 3.8) is 0 Å². The number of hydrogen-bond donors (Lipinski definition) is 1. The van der Waals surface area contributed by atoms with Crippen LogP contribution in [0.1, 0.15) is 23.1 Å². The van der Waals surface area contributed by atoms with Gasteiger partial charge >= 0.3 is 0 Å². The van der Waals surface area contributed by atoms with E-state index in [1.807, 2.05) is 25.1 Å². The first-order chi connectivity index (χ1) is 5.77. The van der Waals surface area contributed by atoms with Crippen LogP contribution in [0.2, 0.25) is 0 Å². The van der Waals surface area contributed by atoms with Gasteiger partial charge in [-0.25, -0.2) is 0 Å². The van der Waals surface area contributed by atoms with Crippen LogP contribution in [0.15, 0.2) is 24.3 Å². The number of aryl methyl sites for hydroxylation is 1. The highest BCUT2D eigenvalue weighted by Gasteiger charge is 2.14. The van der Waals surface area contributed by atoms with E-state index in [2.05, 4.69) is 4.98 Å². The minimum absolute atomic E-state index is 0.506. The maximum atomic E-state index is 9.54. The lowest BCUT2D eigenvalue weighted by Crippen LogP contribution is -2.07. The van der Waals surface area contributed by atoms with Crippen molar-refractivity contribution in [2.45, 2.75) is 19.4 Å². The molecule has 1 aromatic rings. The molecule has 62 valence electrons. The number of pyridine rings is 1. The topological polar surface area (TPSA) is 33.1 Å². The third kappa shape index (κ3) is 1.14. The second-order valence-corrected chi connectivity index (χ2v) is 3.07. The van der Waals surface area contributed by atoms with Crippen LogP contribution in [0.4, 0.5) is 0 Å². The molecular formula is C10H11NO. The molecule has 0 fully saturated rings. The van der Waals surface area contributed by atoms with Gasteiger partial charge in [-0.05, 0) is 25.0 Å². The van der Waals surface area contributed by atoms with E-state index in [0.29, 0.717) is 0 Å². The smallest absolute Gasteiger partial charge is 0.114 e. The number of hydrogen-bond acceptors (Lipinski definition) is 2. The fraction of sp³-hybridized carbons (Fsp3) is 0.300. The second kappa shape index (κ2) is 2.72. The quantitative estimate of drug-likeness (QED) is 0.585. The van der Waals surface area contributed by atoms with Crippen molar-refractivity contribution in [2.24, 2.45) is 0 Å². The van der Waals surface area contributed by atoms with Gasteiger partial charge in [0.05, 0.1) is 5.69 Å². The number of fused-ring (bicyclic) bond motifs is 1. The highest BCUT2D eigenvalue weighted by molar-refractivity contribution is 5.31. The van der Waals surface area contributed by atoms with Crippen LogP contribution >= 0.6 is 0 Å². The molecular weight excluding hydrogens is 150 g/mol. The van der Waals surface area contributed by atoms with Gasteiger partial charge in [-0.2, -0.15) is 0 Å². The van der Waals surface area contributed by atoms with Crippen molar-refractivity contribution in [3.05, 3.63) is 41.2 Å². The standard InChI is InChI=1S/C10H11NO/c1-7-5-6-8-3-2-4-9(12)10(8)11-7/h2,4-6,9,12H,3H2,1H3. The molecule has 2 heteroatoms. The van der Waals surface area contributed by atoms with Gasteiger partial charge in [-0.15, -0.1) is 0 Å². The van der Waals surface area contributed by atoms with Crippen molar-refractivity contribution in [1.29, 1.82) is 0 Å². The SMILES string of the molecule is Cc1ccc2c(n1)C(O)C=CC2. The van der Waals surface area contributed by atoms with Gasteiger partial charge in [0.15, 0.2) is 0 Å². The number of allylic oxidation sites excluding steroid dienone is 1. The first kappa shape index (κ1) is 7.50. The minimum Gasteiger partial charge on any atom is -0.383 e. The molecule has 1 aliphatic carbocycles. The maximum Gasteiger partial charge on any atom is 0.114 e. The van der Waals surface area contributed by atoms with Crippen LogP contribution in [-0.4, -0.2) is 10.1 Å². The van der Waals surface area contributed by atoms with E-state index in [0.717, 1.165) is 23.4 Å². The fourth-order valence-corrected chi connectivity index (χ4v) is 1.45. The molecule has 1 aliphatic rings. The normalized spacial score (nSPS) is 20.7. The lowest BCUT2D eigenvalue weighted by atomic mass is 10.00. The van der Waals surface area contributed by atoms with Gasteiger partial charge in [0.2, 0.25) is 0 Å². The van der Waals surface area contributed by atoms with E-state index in [1.165, 1.54) is 0 Å². The predicted octanol–water partition coefficient (Wildman–Crippen LogP) is 1.54. The van der Waals surface area contributed by atoms with E-state index in [9.17, 15) is 5.11 Å². The van der Waals surface area contributed by atoms with Gasteiger partial charge < -0.3 is 5.11 Å². The highest BCUT2D eigenvalue weighted by atomic mass is 16.3. The Hall–Kier alpha value is -1.15. The molecule has 2 nitrogen and oxygen atoms in total. The summed E-state index contributed by atoms with van der Waals surface area (Å²) < 4.78 is 0. The molecule has 0 bridgehead atoms. The second-order valence-electron chi connectivity index (χ2n) is 3.07. The van der Waals surface area contributed by atoms with E-state index >= 15 is 0 Å². The zero-order chi connectivity index (χ0) is 8.55. The molecule has 12 heavy (non-hydrogen) atoms. The number of aliphatic hydroxyl groups excluding tert-OH is 1. The van der Waals surface area contributed by atoms with Crippen molar-refractivity contribution >= 4 is 0 Å². The van der Waals surface area contributed by atoms with Gasteiger partial charge in [-0.3, -0.25) is 4.98 Å². The van der Waals surface area contributed by atoms with Crippen LogP contribution in [0.25, 0.3) is 0 Å². The van der Waals surface area contributed by atoms with Crippen molar-refractivity contribution in [3.8, 4) is 0 Å². The Morgan fingerprint density at radius 1 is 1.50 bits per heavy atom. The van der Waals surface area contributed by atoms with E-state index in [-0.39, 0.29) is 0 Å². The molecule has 1 unspecified atom stereocenters. The summed E-state index contributed by atoms with van der Waals surface area (Å²) >= 11 is 0. The molecule has 0 aromatic carbocycles. The van der Waals surface area contributed by atoms with E-state index in [4.69, 9.17) is 0 Å². The number of aliphatic hydroxyl groups is 1. The number of rotatable bonds is 0. The molecule has 1 aromatic heterocycles. The van der Waals surface area contributed by atoms with Gasteiger partial charge in [0.1, 0.15) is 6.10 Å². The summed E-state index contributed by atoms with van der Waals surface area (Å²) in [6.07, 6.45) is 4.15. The highest BCUT2D eigenvalue weighted by Crippen LogP contribution is 2.22. The fourth-order valence-electron chi connectivity index (χ4n) is 1.45. The molecule has 2 rings (SSSR count). The molecule has 0 spiro atoms. The molecule has 1 atom stereocenters. The third-order valence-electron chi connectivity index (χ3n) is 2.09. The van der Waals surface area contributed by atoms with Gasteiger partial charge in [-0.1, -0.05) is 18.2 Å². The lowest BCUT2D eigenvalue weighted by molar-refractivity contribution is 0.220. The monoisotopic (exact) mass is 161 g/mol. The Kier molecular flexibility index (Phi) is 1.70. The zero-order valence-electron chi connectivity index (χ0n) is 6.99. The Morgan fingerprint density at radius 3 is 3.17 bits per heavy atom. The van der Waals surface area contributed by atoms with Gasteiger partial charge in [0.25, 0.3) is 0 Å². The summed E-state index contributed by atoms with van der Waals surface area (Å²) in [7, 11) is 0. The summed E-state index contributed by atoms with van der Waals surface area (Å²) in [6, 6.07) is 4.01. The molecule has 1 N–H and O–H groups in total. The third-order valence-corrected chi connectivity index (χ3v) is 2.09. The minimum atomic E-state index is -0.506. The van der Waals surface area contributed by atoms with Crippen molar-refractivity contribution in [2.75, 3.05) is 0 Å². The van der Waals surface area contributed by atoms with E-state index < -0.39 is 6.10 Å². The predicted molar refractivity (Wildman–Crippen MR) is 46.8 cm³/mol. The van der Waals surface area contributed by atoms with Crippen LogP contribution in [0.5, 0.6) is 0 Å². The average Bonchev–Trinajstić information content (AvgIpc) is 2.07. The Balaban J connectivity index is 2.52. The molecule has 0 radical (unpaired) electrons.